The molecule has 1 fully saturated rings. The Kier molecular flexibility index (Phi) is 5.88. The van der Waals surface area contributed by atoms with E-state index >= 15 is 0 Å². The molecule has 6 nitrogen and oxygen atoms in total. The molecule has 2 aromatic rings. The fourth-order valence-corrected chi connectivity index (χ4v) is 3.82. The van der Waals surface area contributed by atoms with Crippen molar-refractivity contribution in [3.05, 3.63) is 40.4 Å². The second kappa shape index (κ2) is 8.31. The van der Waals surface area contributed by atoms with Gasteiger partial charge in [-0.2, -0.15) is 0 Å². The summed E-state index contributed by atoms with van der Waals surface area (Å²) in [5, 5.41) is 5.37. The van der Waals surface area contributed by atoms with Crippen molar-refractivity contribution in [2.24, 2.45) is 0 Å². The molecule has 0 spiro atoms. The van der Waals surface area contributed by atoms with Crippen molar-refractivity contribution >= 4 is 28.3 Å². The third kappa shape index (κ3) is 4.82. The van der Waals surface area contributed by atoms with Gasteiger partial charge in [0, 0.05) is 18.3 Å². The van der Waals surface area contributed by atoms with Gasteiger partial charge in [0.15, 0.2) is 5.13 Å². The minimum atomic E-state index is -0.0985. The van der Waals surface area contributed by atoms with Crippen molar-refractivity contribution in [1.29, 1.82) is 0 Å². The molecule has 0 radical (unpaired) electrons. The lowest BCUT2D eigenvalue weighted by Gasteiger charge is -2.10. The molecule has 1 N–H and O–H groups in total. The predicted octanol–water partition coefficient (Wildman–Crippen LogP) is 2.62. The lowest BCUT2D eigenvalue weighted by Crippen LogP contribution is -2.29. The number of carbonyl (C=O) groups is 2. The molecule has 1 saturated heterocycles. The maximum atomic E-state index is 12.0. The number of aryl methyl sites for hydroxylation is 2. The molecule has 0 unspecified atom stereocenters. The summed E-state index contributed by atoms with van der Waals surface area (Å²) in [4.78, 5) is 29.9. The van der Waals surface area contributed by atoms with E-state index in [2.05, 4.69) is 16.4 Å². The minimum absolute atomic E-state index is 0.0985. The molecule has 2 amide bonds. The number of aromatic nitrogens is 1. The van der Waals surface area contributed by atoms with Gasteiger partial charge in [0.2, 0.25) is 11.8 Å². The first-order chi connectivity index (χ1) is 12.5. The summed E-state index contributed by atoms with van der Waals surface area (Å²) in [7, 11) is 0. The molecule has 1 aliphatic heterocycles. The summed E-state index contributed by atoms with van der Waals surface area (Å²) in [5.41, 5.74) is 3.00. The third-order valence-electron chi connectivity index (χ3n) is 4.07. The molecule has 0 aliphatic carbocycles. The Hall–Kier alpha value is -2.41. The summed E-state index contributed by atoms with van der Waals surface area (Å²) in [6.45, 7) is 5.62. The molecule has 1 aromatic heterocycles. The maximum Gasteiger partial charge on any atom is 0.228 e. The van der Waals surface area contributed by atoms with Crippen LogP contribution in [0.1, 0.15) is 29.7 Å². The van der Waals surface area contributed by atoms with E-state index in [9.17, 15) is 9.59 Å². The number of carbonyl (C=O) groups excluding carboxylic acids is 2. The van der Waals surface area contributed by atoms with E-state index in [4.69, 9.17) is 4.74 Å². The highest BCUT2D eigenvalue weighted by Crippen LogP contribution is 2.25. The summed E-state index contributed by atoms with van der Waals surface area (Å²) >= 11 is 1.41. The Morgan fingerprint density at radius 2 is 2.08 bits per heavy atom. The Labute approximate surface area is 157 Å². The Morgan fingerprint density at radius 3 is 2.77 bits per heavy atom. The van der Waals surface area contributed by atoms with Gasteiger partial charge in [0.25, 0.3) is 0 Å². The Balaban J connectivity index is 1.41. The lowest BCUT2D eigenvalue weighted by atomic mass is 10.1. The van der Waals surface area contributed by atoms with Crippen molar-refractivity contribution in [2.45, 2.75) is 33.1 Å². The van der Waals surface area contributed by atoms with Crippen molar-refractivity contribution < 1.29 is 14.3 Å². The predicted molar refractivity (Wildman–Crippen MR) is 102 cm³/mol. The first-order valence-corrected chi connectivity index (χ1v) is 9.62. The smallest absolute Gasteiger partial charge is 0.228 e. The molecule has 26 heavy (non-hydrogen) atoms. The van der Waals surface area contributed by atoms with E-state index in [0.29, 0.717) is 36.9 Å². The van der Waals surface area contributed by atoms with Gasteiger partial charge in [-0.05, 0) is 43.5 Å². The molecule has 1 aromatic carbocycles. The highest BCUT2D eigenvalue weighted by atomic mass is 32.1. The number of thiazole rings is 1. The number of ether oxygens (including phenoxy) is 1. The van der Waals surface area contributed by atoms with Crippen molar-refractivity contribution in [1.82, 2.24) is 10.3 Å². The number of benzene rings is 1. The van der Waals surface area contributed by atoms with Crippen LogP contribution >= 0.6 is 11.3 Å². The number of nitrogens with zero attached hydrogens (tertiary/aromatic N) is 2. The molecule has 7 heteroatoms. The summed E-state index contributed by atoms with van der Waals surface area (Å²) in [6.07, 6.45) is 1.66. The summed E-state index contributed by atoms with van der Waals surface area (Å²) in [5.74, 6) is 0.827. The van der Waals surface area contributed by atoms with Crippen molar-refractivity contribution in [3.63, 3.8) is 0 Å². The number of amides is 2. The molecule has 138 valence electrons. The SMILES string of the molecule is Cc1cc(C)cc(OCCNC(=O)Cc2csc(N3CCCC3=O)n2)c1. The van der Waals surface area contributed by atoms with Gasteiger partial charge in [-0.25, -0.2) is 4.98 Å². The highest BCUT2D eigenvalue weighted by molar-refractivity contribution is 7.14. The fourth-order valence-electron chi connectivity index (χ4n) is 2.95. The zero-order valence-corrected chi connectivity index (χ0v) is 15.9. The van der Waals surface area contributed by atoms with Crippen molar-refractivity contribution in [3.8, 4) is 5.75 Å². The standard InChI is InChI=1S/C19H23N3O3S/c1-13-8-14(2)10-16(9-13)25-7-5-20-17(23)11-15-12-26-19(21-15)22-6-3-4-18(22)24/h8-10,12H,3-7,11H2,1-2H3,(H,20,23). The number of hydrogen-bond donors (Lipinski definition) is 1. The molecule has 2 heterocycles. The quantitative estimate of drug-likeness (QED) is 0.758. The average Bonchev–Trinajstić information content (AvgIpc) is 3.19. The van der Waals surface area contributed by atoms with Crippen LogP contribution in [0.25, 0.3) is 0 Å². The fraction of sp³-hybridized carbons (Fsp3) is 0.421. The monoisotopic (exact) mass is 373 g/mol. The summed E-state index contributed by atoms with van der Waals surface area (Å²) < 4.78 is 5.68. The first kappa shape index (κ1) is 18.4. The third-order valence-corrected chi connectivity index (χ3v) is 4.99. The number of rotatable bonds is 7. The van der Waals surface area contributed by atoms with Crippen LogP contribution in [0.3, 0.4) is 0 Å². The van der Waals surface area contributed by atoms with E-state index in [-0.39, 0.29) is 18.2 Å². The van der Waals surface area contributed by atoms with Crippen LogP contribution in [-0.2, 0) is 16.0 Å². The topological polar surface area (TPSA) is 71.5 Å². The van der Waals surface area contributed by atoms with Crippen LogP contribution in [0, 0.1) is 13.8 Å². The molecule has 3 rings (SSSR count). The van der Waals surface area contributed by atoms with Crippen LogP contribution in [0.5, 0.6) is 5.75 Å². The van der Waals surface area contributed by atoms with E-state index in [1.54, 1.807) is 4.90 Å². The number of anilines is 1. The van der Waals surface area contributed by atoms with E-state index in [1.807, 2.05) is 31.4 Å². The van der Waals surface area contributed by atoms with Gasteiger partial charge < -0.3 is 10.1 Å². The van der Waals surface area contributed by atoms with Gasteiger partial charge in [0.1, 0.15) is 12.4 Å². The summed E-state index contributed by atoms with van der Waals surface area (Å²) in [6, 6.07) is 6.04. The highest BCUT2D eigenvalue weighted by Gasteiger charge is 2.24. The molecule has 0 saturated carbocycles. The Morgan fingerprint density at radius 1 is 1.31 bits per heavy atom. The maximum absolute atomic E-state index is 12.0. The minimum Gasteiger partial charge on any atom is -0.492 e. The molecular weight excluding hydrogens is 350 g/mol. The number of nitrogens with one attached hydrogen (secondary N) is 1. The van der Waals surface area contributed by atoms with Crippen LogP contribution in [-0.4, -0.2) is 36.5 Å². The number of hydrogen-bond acceptors (Lipinski definition) is 5. The second-order valence-electron chi connectivity index (χ2n) is 6.47. The van der Waals surface area contributed by atoms with Crippen LogP contribution in [0.15, 0.2) is 23.6 Å². The van der Waals surface area contributed by atoms with Gasteiger partial charge in [0.05, 0.1) is 18.7 Å². The molecular formula is C19H23N3O3S. The molecule has 0 bridgehead atoms. The largest absolute Gasteiger partial charge is 0.492 e. The van der Waals surface area contributed by atoms with E-state index in [0.717, 1.165) is 23.3 Å². The van der Waals surface area contributed by atoms with Crippen LogP contribution < -0.4 is 15.0 Å². The normalized spacial score (nSPS) is 13.9. The first-order valence-electron chi connectivity index (χ1n) is 8.74. The second-order valence-corrected chi connectivity index (χ2v) is 7.31. The van der Waals surface area contributed by atoms with Gasteiger partial charge in [-0.15, -0.1) is 11.3 Å². The van der Waals surface area contributed by atoms with Crippen molar-refractivity contribution in [2.75, 3.05) is 24.6 Å². The average molecular weight is 373 g/mol. The Bertz CT molecular complexity index is 783. The van der Waals surface area contributed by atoms with Crippen LogP contribution in [0.4, 0.5) is 5.13 Å². The van der Waals surface area contributed by atoms with E-state index in [1.165, 1.54) is 11.3 Å². The van der Waals surface area contributed by atoms with Gasteiger partial charge in [-0.3, -0.25) is 14.5 Å². The van der Waals surface area contributed by atoms with Gasteiger partial charge >= 0.3 is 0 Å². The lowest BCUT2D eigenvalue weighted by molar-refractivity contribution is -0.120. The van der Waals surface area contributed by atoms with Crippen LogP contribution in [0.2, 0.25) is 0 Å². The molecule has 1 aliphatic rings. The molecule has 0 atom stereocenters. The zero-order valence-electron chi connectivity index (χ0n) is 15.1. The van der Waals surface area contributed by atoms with E-state index < -0.39 is 0 Å². The van der Waals surface area contributed by atoms with Gasteiger partial charge in [-0.1, -0.05) is 6.07 Å². The zero-order chi connectivity index (χ0) is 18.5.